The summed E-state index contributed by atoms with van der Waals surface area (Å²) >= 11 is 0. The number of hydrogen-bond donors (Lipinski definition) is 0. The van der Waals surface area contributed by atoms with Crippen molar-refractivity contribution in [3.63, 3.8) is 0 Å². The molecule has 39 heavy (non-hydrogen) atoms. The first-order valence-corrected chi connectivity index (χ1v) is 12.0. The molecule has 0 N–H and O–H groups in total. The summed E-state index contributed by atoms with van der Waals surface area (Å²) in [7, 11) is 2.91. The van der Waals surface area contributed by atoms with Gasteiger partial charge in [-0.15, -0.1) is 0 Å². The van der Waals surface area contributed by atoms with E-state index in [1.165, 1.54) is 37.4 Å². The Balaban J connectivity index is 1.94. The molecule has 1 aromatic heterocycles. The average Bonchev–Trinajstić information content (AvgIpc) is 2.85. The van der Waals surface area contributed by atoms with E-state index in [1.54, 1.807) is 32.0 Å². The van der Waals surface area contributed by atoms with Crippen molar-refractivity contribution in [1.82, 2.24) is 9.88 Å². The standard InChI is InChI=1S/C27H27F6N3O3/c1-24(2)13-18-22(19(37)14-24)25(26(28,29)30,27(31,32)33)35-23(17-6-5-10-34-15-17)36(18)11-9-16-7-8-20(38-3)21(12-16)39-4/h5-8,10,12,15H,9,11,13-14H2,1-4H3. The zero-order valence-electron chi connectivity index (χ0n) is 21.7. The van der Waals surface area contributed by atoms with Crippen LogP contribution >= 0.6 is 0 Å². The molecule has 2 aromatic rings. The van der Waals surface area contributed by atoms with Gasteiger partial charge in [0.25, 0.3) is 5.54 Å². The molecule has 0 saturated heterocycles. The third-order valence-corrected chi connectivity index (χ3v) is 6.88. The number of amidine groups is 1. The summed E-state index contributed by atoms with van der Waals surface area (Å²) in [4.78, 5) is 21.8. The topological polar surface area (TPSA) is 64.0 Å². The summed E-state index contributed by atoms with van der Waals surface area (Å²) in [6.07, 6.45) is -9.82. The van der Waals surface area contributed by atoms with Gasteiger partial charge in [0.05, 0.1) is 19.8 Å². The van der Waals surface area contributed by atoms with Gasteiger partial charge in [0.2, 0.25) is 0 Å². The van der Waals surface area contributed by atoms with E-state index >= 15 is 0 Å². The number of halogens is 6. The van der Waals surface area contributed by atoms with E-state index in [1.807, 2.05) is 0 Å². The molecule has 4 rings (SSSR count). The minimum atomic E-state index is -5.92. The fraction of sp³-hybridized carbons (Fsp3) is 0.444. The van der Waals surface area contributed by atoms with Gasteiger partial charge in [0.1, 0.15) is 5.84 Å². The first kappa shape index (κ1) is 28.4. The lowest BCUT2D eigenvalue weighted by Crippen LogP contribution is -2.63. The van der Waals surface area contributed by atoms with Crippen molar-refractivity contribution < 1.29 is 40.6 Å². The Morgan fingerprint density at radius 2 is 1.64 bits per heavy atom. The van der Waals surface area contributed by atoms with Crippen LogP contribution in [0.2, 0.25) is 0 Å². The van der Waals surface area contributed by atoms with E-state index in [-0.39, 0.29) is 30.6 Å². The molecule has 0 bridgehead atoms. The summed E-state index contributed by atoms with van der Waals surface area (Å²) in [5.74, 6) is -0.901. The van der Waals surface area contributed by atoms with Gasteiger partial charge < -0.3 is 14.4 Å². The Morgan fingerprint density at radius 3 is 2.21 bits per heavy atom. The lowest BCUT2D eigenvalue weighted by Gasteiger charge is -2.48. The third-order valence-electron chi connectivity index (χ3n) is 6.88. The lowest BCUT2D eigenvalue weighted by molar-refractivity contribution is -0.283. The van der Waals surface area contributed by atoms with E-state index in [0.717, 1.165) is 6.20 Å². The molecule has 0 unspecified atom stereocenters. The normalized spacial score (nSPS) is 19.0. The van der Waals surface area contributed by atoms with Crippen LogP contribution in [-0.4, -0.2) is 60.2 Å². The number of ketones is 1. The summed E-state index contributed by atoms with van der Waals surface area (Å²) in [5.41, 5.74) is -6.62. The van der Waals surface area contributed by atoms with E-state index in [4.69, 9.17) is 9.47 Å². The van der Waals surface area contributed by atoms with Crippen LogP contribution in [0.3, 0.4) is 0 Å². The van der Waals surface area contributed by atoms with E-state index in [0.29, 0.717) is 17.1 Å². The first-order valence-electron chi connectivity index (χ1n) is 12.0. The predicted molar refractivity (Wildman–Crippen MR) is 131 cm³/mol. The zero-order valence-corrected chi connectivity index (χ0v) is 21.7. The quantitative estimate of drug-likeness (QED) is 0.415. The van der Waals surface area contributed by atoms with Gasteiger partial charge in [0, 0.05) is 36.6 Å². The van der Waals surface area contributed by atoms with Crippen LogP contribution < -0.4 is 9.47 Å². The number of benzene rings is 1. The van der Waals surface area contributed by atoms with Crippen LogP contribution in [-0.2, 0) is 11.2 Å². The molecule has 12 heteroatoms. The molecule has 1 aliphatic carbocycles. The van der Waals surface area contributed by atoms with Crippen molar-refractivity contribution in [2.75, 3.05) is 20.8 Å². The highest BCUT2D eigenvalue weighted by Gasteiger charge is 2.77. The van der Waals surface area contributed by atoms with Gasteiger partial charge in [0.15, 0.2) is 17.3 Å². The smallest absolute Gasteiger partial charge is 0.427 e. The number of carbonyl (C=O) groups excluding carboxylic acids is 1. The molecule has 0 spiro atoms. The number of rotatable bonds is 6. The first-order chi connectivity index (χ1) is 18.1. The number of hydrogen-bond acceptors (Lipinski definition) is 6. The number of ether oxygens (including phenoxy) is 2. The van der Waals surface area contributed by atoms with Gasteiger partial charge in [-0.2, -0.15) is 26.3 Å². The van der Waals surface area contributed by atoms with Crippen LogP contribution in [0.4, 0.5) is 26.3 Å². The Labute approximate surface area is 221 Å². The van der Waals surface area contributed by atoms with E-state index < -0.39 is 46.9 Å². The molecule has 0 fully saturated rings. The Kier molecular flexibility index (Phi) is 7.20. The highest BCUT2D eigenvalue weighted by molar-refractivity contribution is 6.07. The second-order valence-electron chi connectivity index (χ2n) is 10.2. The SMILES string of the molecule is COc1ccc(CCN2C(c3cccnc3)=NC(C(F)(F)F)(C(F)(F)F)C3=C2CC(C)(C)CC3=O)cc1OC. The number of pyridine rings is 1. The van der Waals surface area contributed by atoms with Crippen molar-refractivity contribution in [3.05, 3.63) is 65.1 Å². The minimum Gasteiger partial charge on any atom is -0.493 e. The van der Waals surface area contributed by atoms with Gasteiger partial charge >= 0.3 is 12.4 Å². The highest BCUT2D eigenvalue weighted by Crippen LogP contribution is 2.57. The number of methoxy groups -OCH3 is 2. The van der Waals surface area contributed by atoms with Crippen LogP contribution in [0.1, 0.15) is 37.8 Å². The van der Waals surface area contributed by atoms with Gasteiger partial charge in [-0.05, 0) is 48.1 Å². The maximum Gasteiger partial charge on any atom is 0.427 e. The summed E-state index contributed by atoms with van der Waals surface area (Å²) in [6, 6.07) is 7.77. The van der Waals surface area contributed by atoms with Crippen molar-refractivity contribution >= 4 is 11.6 Å². The molecule has 0 radical (unpaired) electrons. The van der Waals surface area contributed by atoms with Crippen LogP contribution in [0, 0.1) is 5.41 Å². The third kappa shape index (κ3) is 4.96. The zero-order chi connectivity index (χ0) is 28.8. The number of aromatic nitrogens is 1. The maximum absolute atomic E-state index is 14.6. The number of allylic oxidation sites excluding steroid dienone is 1. The maximum atomic E-state index is 14.6. The second kappa shape index (κ2) is 9.87. The van der Waals surface area contributed by atoms with Crippen LogP contribution in [0.5, 0.6) is 11.5 Å². The monoisotopic (exact) mass is 555 g/mol. The fourth-order valence-corrected chi connectivity index (χ4v) is 5.14. The second-order valence-corrected chi connectivity index (χ2v) is 10.2. The molecule has 1 aromatic carbocycles. The number of Topliss-reactive ketones (excluding diaryl/α,β-unsaturated/α-hetero) is 1. The van der Waals surface area contributed by atoms with Crippen molar-refractivity contribution in [3.8, 4) is 11.5 Å². The lowest BCUT2D eigenvalue weighted by atomic mass is 9.69. The summed E-state index contributed by atoms with van der Waals surface area (Å²) in [6.45, 7) is 3.22. The number of alkyl halides is 6. The van der Waals surface area contributed by atoms with Crippen molar-refractivity contribution in [2.45, 2.75) is 51.0 Å². The molecular formula is C27H27F6N3O3. The van der Waals surface area contributed by atoms with Gasteiger partial charge in [-0.1, -0.05) is 19.9 Å². The Hall–Kier alpha value is -3.57. The molecule has 210 valence electrons. The Morgan fingerprint density at radius 1 is 0.974 bits per heavy atom. The summed E-state index contributed by atoms with van der Waals surface area (Å²) in [5, 5.41) is 0. The number of nitrogens with zero attached hydrogens (tertiary/aromatic N) is 3. The molecule has 2 aliphatic rings. The van der Waals surface area contributed by atoms with Crippen molar-refractivity contribution in [1.29, 1.82) is 0 Å². The van der Waals surface area contributed by atoms with E-state index in [2.05, 4.69) is 9.98 Å². The number of aliphatic imine (C=N–C) groups is 1. The fourth-order valence-electron chi connectivity index (χ4n) is 5.14. The van der Waals surface area contributed by atoms with Crippen LogP contribution in [0.15, 0.2) is 59.0 Å². The average molecular weight is 556 g/mol. The molecular weight excluding hydrogens is 528 g/mol. The molecule has 0 amide bonds. The highest BCUT2D eigenvalue weighted by atomic mass is 19.4. The van der Waals surface area contributed by atoms with E-state index in [9.17, 15) is 31.1 Å². The Bertz CT molecular complexity index is 1300. The van der Waals surface area contributed by atoms with Crippen LogP contribution in [0.25, 0.3) is 0 Å². The van der Waals surface area contributed by atoms with Crippen molar-refractivity contribution in [2.24, 2.45) is 10.4 Å². The molecule has 1 aliphatic heterocycles. The molecule has 6 nitrogen and oxygen atoms in total. The molecule has 0 atom stereocenters. The van der Waals surface area contributed by atoms with Gasteiger partial charge in [-0.25, -0.2) is 4.99 Å². The number of carbonyl (C=O) groups is 1. The minimum absolute atomic E-state index is 0.0370. The largest absolute Gasteiger partial charge is 0.493 e. The molecule has 2 heterocycles. The summed E-state index contributed by atoms with van der Waals surface area (Å²) < 4.78 is 98.0. The molecule has 0 saturated carbocycles. The van der Waals surface area contributed by atoms with Gasteiger partial charge in [-0.3, -0.25) is 9.78 Å². The predicted octanol–water partition coefficient (Wildman–Crippen LogP) is 5.91.